The Hall–Kier alpha value is -1.51. The summed E-state index contributed by atoms with van der Waals surface area (Å²) in [5.74, 6) is -2.60. The van der Waals surface area contributed by atoms with Crippen LogP contribution < -0.4 is 0 Å². The third kappa shape index (κ3) is 3.93. The number of azide groups is 1. The Labute approximate surface area is 89.6 Å². The molecule has 3 atom stereocenters. The van der Waals surface area contributed by atoms with E-state index in [4.69, 9.17) is 26.0 Å². The Bertz CT molecular complexity index is 313. The zero-order valence-corrected chi connectivity index (χ0v) is 8.09. The molecule has 0 bridgehead atoms. The molecule has 0 fully saturated rings. The summed E-state index contributed by atoms with van der Waals surface area (Å²) in [6, 6.07) is 0. The Kier molecular flexibility index (Phi) is 6.23. The van der Waals surface area contributed by atoms with E-state index in [2.05, 4.69) is 10.0 Å². The highest BCUT2D eigenvalue weighted by molar-refractivity contribution is 6.39. The molecule has 0 spiro atoms. The topological polar surface area (TPSA) is 164 Å². The van der Waals surface area contributed by atoms with Crippen LogP contribution in [0.1, 0.15) is 0 Å². The van der Waals surface area contributed by atoms with Crippen LogP contribution in [-0.4, -0.2) is 63.5 Å². The first-order valence-corrected chi connectivity index (χ1v) is 4.18. The molecule has 0 aromatic carbocycles. The quantitative estimate of drug-likeness (QED) is 0.164. The number of rotatable bonds is 7. The molecule has 0 aliphatic carbocycles. The molecule has 0 rings (SSSR count). The maximum atomic E-state index is 11.1. The van der Waals surface area contributed by atoms with Crippen molar-refractivity contribution in [1.29, 1.82) is 0 Å². The van der Waals surface area contributed by atoms with Gasteiger partial charge < -0.3 is 20.4 Å². The summed E-state index contributed by atoms with van der Waals surface area (Å²) in [6.45, 7) is -1.66. The number of carbonyl (C=O) groups excluding carboxylic acids is 2. The summed E-state index contributed by atoms with van der Waals surface area (Å²) in [4.78, 5) is 24.2. The number of Topliss-reactive ketones (excluding diaryl/α,β-unsaturated/α-hetero) is 2. The first-order valence-electron chi connectivity index (χ1n) is 4.18. The van der Waals surface area contributed by atoms with Crippen LogP contribution in [0.15, 0.2) is 5.11 Å². The fourth-order valence-corrected chi connectivity index (χ4v) is 0.812. The maximum Gasteiger partial charge on any atom is 0.229 e. The molecule has 0 saturated carbocycles. The van der Waals surface area contributed by atoms with Gasteiger partial charge in [0.15, 0.2) is 0 Å². The van der Waals surface area contributed by atoms with Gasteiger partial charge in [-0.15, -0.1) is 0 Å². The van der Waals surface area contributed by atoms with E-state index < -0.39 is 43.0 Å². The van der Waals surface area contributed by atoms with E-state index in [1.54, 1.807) is 0 Å². The summed E-state index contributed by atoms with van der Waals surface area (Å²) in [7, 11) is 0. The molecule has 16 heavy (non-hydrogen) atoms. The number of hydrogen-bond acceptors (Lipinski definition) is 7. The van der Waals surface area contributed by atoms with Crippen molar-refractivity contribution in [3.8, 4) is 0 Å². The smallest absolute Gasteiger partial charge is 0.229 e. The van der Waals surface area contributed by atoms with E-state index in [0.29, 0.717) is 0 Å². The molecule has 90 valence electrons. The molecule has 9 nitrogen and oxygen atoms in total. The van der Waals surface area contributed by atoms with E-state index in [9.17, 15) is 9.59 Å². The monoisotopic (exact) mass is 233 g/mol. The van der Waals surface area contributed by atoms with E-state index >= 15 is 0 Å². The highest BCUT2D eigenvalue weighted by atomic mass is 16.4. The zero-order valence-electron chi connectivity index (χ0n) is 8.09. The first kappa shape index (κ1) is 14.5. The van der Waals surface area contributed by atoms with Crippen LogP contribution in [0.25, 0.3) is 10.4 Å². The van der Waals surface area contributed by atoms with Crippen molar-refractivity contribution >= 4 is 11.6 Å². The molecule has 0 aliphatic rings. The Morgan fingerprint density at radius 2 is 1.88 bits per heavy atom. The van der Waals surface area contributed by atoms with Gasteiger partial charge in [0, 0.05) is 4.91 Å². The third-order valence-corrected chi connectivity index (χ3v) is 1.73. The minimum absolute atomic E-state index is 0.783. The van der Waals surface area contributed by atoms with Crippen molar-refractivity contribution in [3.05, 3.63) is 10.4 Å². The van der Waals surface area contributed by atoms with Crippen LogP contribution in [0.3, 0.4) is 0 Å². The Balaban J connectivity index is 4.48. The van der Waals surface area contributed by atoms with E-state index in [0.717, 1.165) is 0 Å². The van der Waals surface area contributed by atoms with Gasteiger partial charge in [0.1, 0.15) is 18.3 Å². The van der Waals surface area contributed by atoms with Gasteiger partial charge in [0.25, 0.3) is 0 Å². The second kappa shape index (κ2) is 6.88. The maximum absolute atomic E-state index is 11.1. The predicted molar refractivity (Wildman–Crippen MR) is 49.1 cm³/mol. The van der Waals surface area contributed by atoms with Crippen molar-refractivity contribution in [2.75, 3.05) is 13.2 Å². The van der Waals surface area contributed by atoms with E-state index in [1.807, 2.05) is 0 Å². The molecule has 0 radical (unpaired) electrons. The second-order valence-corrected chi connectivity index (χ2v) is 2.86. The summed E-state index contributed by atoms with van der Waals surface area (Å²) < 4.78 is 0. The number of aliphatic hydroxyl groups is 4. The van der Waals surface area contributed by atoms with Crippen LogP contribution in [0.5, 0.6) is 0 Å². The van der Waals surface area contributed by atoms with Crippen LogP contribution in [0, 0.1) is 0 Å². The molecule has 4 N–H and O–H groups in total. The summed E-state index contributed by atoms with van der Waals surface area (Å²) in [6.07, 6.45) is -5.89. The van der Waals surface area contributed by atoms with Crippen molar-refractivity contribution < 1.29 is 30.0 Å². The summed E-state index contributed by atoms with van der Waals surface area (Å²) in [5, 5.41) is 38.4. The number of carbonyl (C=O) groups is 2. The largest absolute Gasteiger partial charge is 0.394 e. The van der Waals surface area contributed by atoms with Crippen molar-refractivity contribution in [2.24, 2.45) is 5.11 Å². The first-order chi connectivity index (χ1) is 7.45. The van der Waals surface area contributed by atoms with Crippen molar-refractivity contribution in [2.45, 2.75) is 18.3 Å². The minimum Gasteiger partial charge on any atom is -0.394 e. The number of nitrogens with zero attached hydrogens (tertiary/aromatic N) is 3. The zero-order chi connectivity index (χ0) is 12.7. The molecule has 0 aliphatic heterocycles. The number of ketones is 2. The normalized spacial score (nSPS) is 15.8. The van der Waals surface area contributed by atoms with Gasteiger partial charge in [0.2, 0.25) is 11.6 Å². The van der Waals surface area contributed by atoms with Crippen LogP contribution in [-0.2, 0) is 9.59 Å². The lowest BCUT2D eigenvalue weighted by Gasteiger charge is -2.19. The highest BCUT2D eigenvalue weighted by Crippen LogP contribution is 2.02. The van der Waals surface area contributed by atoms with Gasteiger partial charge in [0.05, 0.1) is 13.2 Å². The summed E-state index contributed by atoms with van der Waals surface area (Å²) in [5.41, 5.74) is 7.88. The molecule has 0 saturated heterocycles. The predicted octanol–water partition coefficient (Wildman–Crippen LogP) is -2.49. The van der Waals surface area contributed by atoms with E-state index in [-0.39, 0.29) is 0 Å². The fourth-order valence-electron chi connectivity index (χ4n) is 0.812. The molecule has 0 heterocycles. The highest BCUT2D eigenvalue weighted by Gasteiger charge is 2.33. The molecular weight excluding hydrogens is 222 g/mol. The van der Waals surface area contributed by atoms with Gasteiger partial charge in [-0.3, -0.25) is 9.59 Å². The van der Waals surface area contributed by atoms with E-state index in [1.165, 1.54) is 0 Å². The third-order valence-electron chi connectivity index (χ3n) is 1.73. The number of aliphatic hydroxyl groups excluding tert-OH is 4. The van der Waals surface area contributed by atoms with Gasteiger partial charge >= 0.3 is 0 Å². The number of hydrogen-bond donors (Lipinski definition) is 4. The molecule has 0 aromatic heterocycles. The lowest BCUT2D eigenvalue weighted by molar-refractivity contribution is -0.149. The van der Waals surface area contributed by atoms with Gasteiger partial charge in [-0.05, 0) is 5.53 Å². The lowest BCUT2D eigenvalue weighted by Crippen LogP contribution is -2.46. The van der Waals surface area contributed by atoms with Crippen molar-refractivity contribution in [3.63, 3.8) is 0 Å². The van der Waals surface area contributed by atoms with Gasteiger partial charge in [-0.25, -0.2) is 0 Å². The Morgan fingerprint density at radius 3 is 2.31 bits per heavy atom. The van der Waals surface area contributed by atoms with Crippen LogP contribution in [0.4, 0.5) is 0 Å². The Morgan fingerprint density at radius 1 is 1.31 bits per heavy atom. The molecule has 0 amide bonds. The molecular formula is C7H11N3O6. The standard InChI is InChI=1S/C7H11N3O6/c8-10-9-1-3(12)5(14)7(16)6(15)4(13)2-11/h4,6-7,11,13,15-16H,1-2H2/t4-,6+,7+/m1/s1. The minimum atomic E-state index is -2.16. The average molecular weight is 233 g/mol. The average Bonchev–Trinajstić information content (AvgIpc) is 2.31. The molecule has 0 aromatic rings. The van der Waals surface area contributed by atoms with Gasteiger partial charge in [-0.2, -0.15) is 0 Å². The summed E-state index contributed by atoms with van der Waals surface area (Å²) >= 11 is 0. The van der Waals surface area contributed by atoms with Crippen LogP contribution in [0.2, 0.25) is 0 Å². The van der Waals surface area contributed by atoms with Crippen LogP contribution >= 0.6 is 0 Å². The van der Waals surface area contributed by atoms with Gasteiger partial charge in [-0.1, -0.05) is 5.11 Å². The SMILES string of the molecule is [N-]=[N+]=NCC(=O)C(=O)[C@H](O)[C@@H](O)[C@H](O)CO. The second-order valence-electron chi connectivity index (χ2n) is 2.86. The molecule has 0 unspecified atom stereocenters. The fraction of sp³-hybridized carbons (Fsp3) is 0.714. The van der Waals surface area contributed by atoms with Crippen molar-refractivity contribution in [1.82, 2.24) is 0 Å². The lowest BCUT2D eigenvalue weighted by atomic mass is 10.0. The molecule has 9 heteroatoms.